The van der Waals surface area contributed by atoms with E-state index in [4.69, 9.17) is 13.9 Å². The summed E-state index contributed by atoms with van der Waals surface area (Å²) in [5.74, 6) is 1.54. The Bertz CT molecular complexity index is 833. The summed E-state index contributed by atoms with van der Waals surface area (Å²) in [7, 11) is 3.11. The molecule has 0 aliphatic rings. The van der Waals surface area contributed by atoms with Gasteiger partial charge in [0, 0.05) is 28.8 Å². The van der Waals surface area contributed by atoms with E-state index in [1.807, 2.05) is 13.0 Å². The van der Waals surface area contributed by atoms with Crippen molar-refractivity contribution < 1.29 is 18.7 Å². The SMILES string of the molecule is COc1cc(NC(=O)c2nc(-c3ccco3)sc2C)cc(OC)c1. The zero-order valence-corrected chi connectivity index (χ0v) is 14.3. The van der Waals surface area contributed by atoms with E-state index in [1.54, 1.807) is 44.7 Å². The van der Waals surface area contributed by atoms with Gasteiger partial charge < -0.3 is 19.2 Å². The number of ether oxygens (including phenoxy) is 2. The Morgan fingerprint density at radius 3 is 2.50 bits per heavy atom. The molecule has 1 amide bonds. The number of aromatic nitrogens is 1. The van der Waals surface area contributed by atoms with Gasteiger partial charge in [0.2, 0.25) is 0 Å². The van der Waals surface area contributed by atoms with Crippen LogP contribution in [0.5, 0.6) is 11.5 Å². The number of methoxy groups -OCH3 is 2. The van der Waals surface area contributed by atoms with E-state index in [-0.39, 0.29) is 5.91 Å². The van der Waals surface area contributed by atoms with Crippen molar-refractivity contribution >= 4 is 22.9 Å². The number of benzene rings is 1. The fraction of sp³-hybridized carbons (Fsp3) is 0.176. The average Bonchev–Trinajstić information content (AvgIpc) is 3.23. The van der Waals surface area contributed by atoms with Crippen LogP contribution >= 0.6 is 11.3 Å². The summed E-state index contributed by atoms with van der Waals surface area (Å²) >= 11 is 1.41. The second-order valence-electron chi connectivity index (χ2n) is 4.96. The Labute approximate surface area is 143 Å². The number of nitrogens with one attached hydrogen (secondary N) is 1. The molecular formula is C17H16N2O4S. The van der Waals surface area contributed by atoms with Crippen molar-refractivity contribution in [1.82, 2.24) is 4.98 Å². The van der Waals surface area contributed by atoms with Gasteiger partial charge in [-0.3, -0.25) is 4.79 Å². The van der Waals surface area contributed by atoms with Crippen molar-refractivity contribution in [3.63, 3.8) is 0 Å². The molecule has 3 aromatic rings. The average molecular weight is 344 g/mol. The summed E-state index contributed by atoms with van der Waals surface area (Å²) in [4.78, 5) is 17.7. The molecule has 1 N–H and O–H groups in total. The largest absolute Gasteiger partial charge is 0.497 e. The molecule has 7 heteroatoms. The molecule has 6 nitrogen and oxygen atoms in total. The summed E-state index contributed by atoms with van der Waals surface area (Å²) in [5.41, 5.74) is 0.941. The first-order valence-electron chi connectivity index (χ1n) is 7.16. The van der Waals surface area contributed by atoms with E-state index >= 15 is 0 Å². The first kappa shape index (κ1) is 16.1. The van der Waals surface area contributed by atoms with Crippen LogP contribution in [0.15, 0.2) is 41.0 Å². The van der Waals surface area contributed by atoms with Gasteiger partial charge in [-0.05, 0) is 19.1 Å². The maximum atomic E-state index is 12.5. The number of hydrogen-bond acceptors (Lipinski definition) is 6. The molecule has 1 aromatic carbocycles. The third-order valence-corrected chi connectivity index (χ3v) is 4.34. The smallest absolute Gasteiger partial charge is 0.275 e. The van der Waals surface area contributed by atoms with Gasteiger partial charge in [-0.1, -0.05) is 0 Å². The van der Waals surface area contributed by atoms with Crippen molar-refractivity contribution in [2.75, 3.05) is 19.5 Å². The van der Waals surface area contributed by atoms with Crippen molar-refractivity contribution in [2.24, 2.45) is 0 Å². The summed E-state index contributed by atoms with van der Waals surface area (Å²) in [6.07, 6.45) is 1.58. The van der Waals surface area contributed by atoms with Gasteiger partial charge in [-0.25, -0.2) is 4.98 Å². The highest BCUT2D eigenvalue weighted by Gasteiger charge is 2.18. The van der Waals surface area contributed by atoms with Crippen molar-refractivity contribution in [3.05, 3.63) is 47.2 Å². The monoisotopic (exact) mass is 344 g/mol. The molecule has 0 unspecified atom stereocenters. The van der Waals surface area contributed by atoms with Gasteiger partial charge in [0.1, 0.15) is 17.2 Å². The quantitative estimate of drug-likeness (QED) is 0.758. The minimum absolute atomic E-state index is 0.295. The van der Waals surface area contributed by atoms with E-state index in [0.29, 0.717) is 33.6 Å². The van der Waals surface area contributed by atoms with Crippen LogP contribution in [-0.2, 0) is 0 Å². The van der Waals surface area contributed by atoms with Gasteiger partial charge >= 0.3 is 0 Å². The zero-order valence-electron chi connectivity index (χ0n) is 13.5. The van der Waals surface area contributed by atoms with E-state index in [9.17, 15) is 4.79 Å². The molecule has 0 fully saturated rings. The maximum Gasteiger partial charge on any atom is 0.275 e. The Morgan fingerprint density at radius 1 is 1.21 bits per heavy atom. The summed E-state index contributed by atoms with van der Waals surface area (Å²) in [6, 6.07) is 8.77. The molecule has 0 spiro atoms. The summed E-state index contributed by atoms with van der Waals surface area (Å²) in [5, 5.41) is 3.49. The molecule has 0 saturated carbocycles. The Kier molecular flexibility index (Phi) is 4.52. The van der Waals surface area contributed by atoms with Crippen LogP contribution in [0.2, 0.25) is 0 Å². The standard InChI is InChI=1S/C17H16N2O4S/c1-10-15(19-17(24-10)14-5-4-6-23-14)16(20)18-11-7-12(21-2)9-13(8-11)22-3/h4-9H,1-3H3,(H,18,20). The number of amides is 1. The molecular weight excluding hydrogens is 328 g/mol. The zero-order chi connectivity index (χ0) is 17.1. The van der Waals surface area contributed by atoms with Crippen LogP contribution in [0, 0.1) is 6.92 Å². The van der Waals surface area contributed by atoms with E-state index in [2.05, 4.69) is 10.3 Å². The van der Waals surface area contributed by atoms with Gasteiger partial charge in [0.05, 0.1) is 20.5 Å². The number of rotatable bonds is 5. The Balaban J connectivity index is 1.85. The van der Waals surface area contributed by atoms with Gasteiger partial charge in [0.25, 0.3) is 5.91 Å². The number of thiazole rings is 1. The molecule has 0 radical (unpaired) electrons. The molecule has 0 saturated heterocycles. The van der Waals surface area contributed by atoms with Crippen LogP contribution in [0.3, 0.4) is 0 Å². The Morgan fingerprint density at radius 2 is 1.92 bits per heavy atom. The van der Waals surface area contributed by atoms with Crippen LogP contribution in [0.1, 0.15) is 15.4 Å². The van der Waals surface area contributed by atoms with Gasteiger partial charge in [0.15, 0.2) is 10.8 Å². The molecule has 0 aliphatic heterocycles. The lowest BCUT2D eigenvalue weighted by Gasteiger charge is -2.09. The van der Waals surface area contributed by atoms with Crippen LogP contribution in [0.4, 0.5) is 5.69 Å². The third kappa shape index (κ3) is 3.26. The van der Waals surface area contributed by atoms with E-state index in [0.717, 1.165) is 4.88 Å². The molecule has 0 bridgehead atoms. The molecule has 124 valence electrons. The normalized spacial score (nSPS) is 10.5. The molecule has 2 aromatic heterocycles. The first-order valence-corrected chi connectivity index (χ1v) is 7.98. The van der Waals surface area contributed by atoms with Crippen molar-refractivity contribution in [1.29, 1.82) is 0 Å². The predicted octanol–water partition coefficient (Wildman–Crippen LogP) is 3.98. The maximum absolute atomic E-state index is 12.5. The van der Waals surface area contributed by atoms with Crippen molar-refractivity contribution in [2.45, 2.75) is 6.92 Å². The lowest BCUT2D eigenvalue weighted by molar-refractivity contribution is 0.102. The Hall–Kier alpha value is -2.80. The van der Waals surface area contributed by atoms with Crippen LogP contribution in [-0.4, -0.2) is 25.1 Å². The van der Waals surface area contributed by atoms with Gasteiger partial charge in [-0.15, -0.1) is 11.3 Å². The number of nitrogens with zero attached hydrogens (tertiary/aromatic N) is 1. The summed E-state index contributed by atoms with van der Waals surface area (Å²) < 4.78 is 15.7. The highest BCUT2D eigenvalue weighted by molar-refractivity contribution is 7.15. The number of anilines is 1. The predicted molar refractivity (Wildman–Crippen MR) is 92.1 cm³/mol. The minimum Gasteiger partial charge on any atom is -0.497 e. The molecule has 0 atom stereocenters. The second-order valence-corrected chi connectivity index (χ2v) is 6.16. The minimum atomic E-state index is -0.295. The number of furan rings is 1. The fourth-order valence-electron chi connectivity index (χ4n) is 2.18. The van der Waals surface area contributed by atoms with E-state index in [1.165, 1.54) is 11.3 Å². The highest BCUT2D eigenvalue weighted by Crippen LogP contribution is 2.29. The topological polar surface area (TPSA) is 73.6 Å². The molecule has 3 rings (SSSR count). The highest BCUT2D eigenvalue weighted by atomic mass is 32.1. The molecule has 24 heavy (non-hydrogen) atoms. The van der Waals surface area contributed by atoms with E-state index < -0.39 is 0 Å². The fourth-order valence-corrected chi connectivity index (χ4v) is 3.06. The summed E-state index contributed by atoms with van der Waals surface area (Å²) in [6.45, 7) is 1.85. The lowest BCUT2D eigenvalue weighted by atomic mass is 10.2. The molecule has 0 aliphatic carbocycles. The van der Waals surface area contributed by atoms with Gasteiger partial charge in [-0.2, -0.15) is 0 Å². The van der Waals surface area contributed by atoms with Crippen molar-refractivity contribution in [3.8, 4) is 22.3 Å². The van der Waals surface area contributed by atoms with Crippen LogP contribution in [0.25, 0.3) is 10.8 Å². The number of aryl methyl sites for hydroxylation is 1. The first-order chi connectivity index (χ1) is 11.6. The second kappa shape index (κ2) is 6.76. The lowest BCUT2D eigenvalue weighted by Crippen LogP contribution is -2.13. The number of carbonyl (C=O) groups excluding carboxylic acids is 1. The van der Waals surface area contributed by atoms with Crippen LogP contribution < -0.4 is 14.8 Å². The number of hydrogen-bond donors (Lipinski definition) is 1. The molecule has 2 heterocycles. The third-order valence-electron chi connectivity index (χ3n) is 3.35. The number of carbonyl (C=O) groups is 1.